The average Bonchev–Trinajstić information content (AvgIpc) is 2.98. The lowest BCUT2D eigenvalue weighted by Crippen LogP contribution is -2.31. The Hall–Kier alpha value is -3.61. The van der Waals surface area contributed by atoms with Crippen LogP contribution in [0.5, 0.6) is 11.5 Å². The van der Waals surface area contributed by atoms with E-state index in [2.05, 4.69) is 0 Å². The van der Waals surface area contributed by atoms with Gasteiger partial charge in [0.25, 0.3) is 11.1 Å². The van der Waals surface area contributed by atoms with Crippen LogP contribution in [0.1, 0.15) is 31.2 Å². The van der Waals surface area contributed by atoms with Crippen LogP contribution in [-0.2, 0) is 14.4 Å². The van der Waals surface area contributed by atoms with Gasteiger partial charge in [-0.25, -0.2) is 0 Å². The Labute approximate surface area is 186 Å². The van der Waals surface area contributed by atoms with Gasteiger partial charge in [0.2, 0.25) is 17.6 Å². The number of thioether (sulfide) groups is 1. The molecule has 32 heavy (non-hydrogen) atoms. The molecule has 0 saturated carbocycles. The highest BCUT2D eigenvalue weighted by atomic mass is 32.2. The molecule has 1 aliphatic rings. The summed E-state index contributed by atoms with van der Waals surface area (Å²) in [5.74, 6) is -2.99. The molecule has 172 valence electrons. The van der Waals surface area contributed by atoms with Gasteiger partial charge in [0.05, 0.1) is 9.83 Å². The van der Waals surface area contributed by atoms with Crippen LogP contribution >= 0.6 is 11.8 Å². The molecule has 0 spiro atoms. The number of carbonyl (C=O) groups is 4. The lowest BCUT2D eigenvalue weighted by molar-refractivity contribution is -0.386. The molecule has 1 fully saturated rings. The third-order valence-corrected chi connectivity index (χ3v) is 5.50. The van der Waals surface area contributed by atoms with Crippen molar-refractivity contribution >= 4 is 46.5 Å². The minimum atomic E-state index is -0.890. The van der Waals surface area contributed by atoms with Gasteiger partial charge in [0.1, 0.15) is 0 Å². The smallest absolute Gasteiger partial charge is 0.315 e. The van der Waals surface area contributed by atoms with E-state index in [1.807, 2.05) is 0 Å². The molecule has 4 N–H and O–H groups in total. The summed E-state index contributed by atoms with van der Waals surface area (Å²) in [6.07, 6.45) is 2.16. The third-order valence-electron chi connectivity index (χ3n) is 4.60. The number of unbranched alkanes of at least 4 members (excludes halogenated alkanes) is 1. The zero-order valence-electron chi connectivity index (χ0n) is 17.1. The van der Waals surface area contributed by atoms with Crippen LogP contribution in [0.4, 0.5) is 10.5 Å². The fraction of sp³-hybridized carbons (Fsp3) is 0.368. The third kappa shape index (κ3) is 6.20. The maximum absolute atomic E-state index is 12.5. The largest absolute Gasteiger partial charge is 0.504 e. The number of carbonyl (C=O) groups excluding carboxylic acids is 4. The van der Waals surface area contributed by atoms with Gasteiger partial charge in [-0.2, -0.15) is 0 Å². The van der Waals surface area contributed by atoms with Crippen molar-refractivity contribution in [1.29, 1.82) is 0 Å². The number of rotatable bonds is 10. The Bertz CT molecular complexity index is 994. The van der Waals surface area contributed by atoms with E-state index >= 15 is 0 Å². The average molecular weight is 466 g/mol. The first-order valence-electron chi connectivity index (χ1n) is 9.49. The van der Waals surface area contributed by atoms with Crippen molar-refractivity contribution in [2.24, 2.45) is 5.73 Å². The van der Waals surface area contributed by atoms with E-state index < -0.39 is 39.2 Å². The number of nitro benzene ring substituents is 1. The molecular formula is C19H22N4O8S. The molecule has 4 amide bonds. The summed E-state index contributed by atoms with van der Waals surface area (Å²) in [4.78, 5) is 59.9. The van der Waals surface area contributed by atoms with Crippen LogP contribution < -0.4 is 5.73 Å². The molecular weight excluding hydrogens is 444 g/mol. The molecule has 0 aromatic heterocycles. The molecule has 2 rings (SSSR count). The van der Waals surface area contributed by atoms with Gasteiger partial charge in [-0.05, 0) is 42.3 Å². The first-order valence-corrected chi connectivity index (χ1v) is 10.3. The van der Waals surface area contributed by atoms with Gasteiger partial charge in [-0.3, -0.25) is 34.2 Å². The number of nitrogens with two attached hydrogens (primary N) is 1. The molecule has 1 aromatic carbocycles. The number of benzene rings is 1. The number of primary amides is 1. The van der Waals surface area contributed by atoms with Crippen LogP contribution in [0, 0.1) is 10.1 Å². The van der Waals surface area contributed by atoms with Crippen molar-refractivity contribution in [3.63, 3.8) is 0 Å². The predicted octanol–water partition coefficient (Wildman–Crippen LogP) is 1.55. The summed E-state index contributed by atoms with van der Waals surface area (Å²) in [6, 6.07) is 2.02. The Morgan fingerprint density at radius 3 is 2.56 bits per heavy atom. The summed E-state index contributed by atoms with van der Waals surface area (Å²) in [5.41, 5.74) is 4.36. The SMILES string of the molecule is CN(CCCCN1C(=O)S/C(=C\c2cc(O)c(O)c([N+](=O)[O-])c2)C1=O)C(=O)CCC(N)=O. The van der Waals surface area contributed by atoms with Crippen LogP contribution in [0.25, 0.3) is 6.08 Å². The minimum Gasteiger partial charge on any atom is -0.504 e. The lowest BCUT2D eigenvalue weighted by Gasteiger charge is -2.18. The first kappa shape index (κ1) is 24.7. The van der Waals surface area contributed by atoms with Crippen molar-refractivity contribution < 1.29 is 34.3 Å². The summed E-state index contributed by atoms with van der Waals surface area (Å²) >= 11 is 0.656. The van der Waals surface area contributed by atoms with E-state index in [1.54, 1.807) is 7.05 Å². The highest BCUT2D eigenvalue weighted by molar-refractivity contribution is 8.18. The van der Waals surface area contributed by atoms with Crippen molar-refractivity contribution in [3.05, 3.63) is 32.7 Å². The van der Waals surface area contributed by atoms with E-state index in [9.17, 15) is 39.5 Å². The molecule has 1 aliphatic heterocycles. The van der Waals surface area contributed by atoms with Gasteiger partial charge >= 0.3 is 5.69 Å². The molecule has 0 atom stereocenters. The number of nitro groups is 1. The summed E-state index contributed by atoms with van der Waals surface area (Å²) < 4.78 is 0. The zero-order chi connectivity index (χ0) is 24.0. The maximum Gasteiger partial charge on any atom is 0.315 e. The van der Waals surface area contributed by atoms with Crippen LogP contribution in [-0.4, -0.2) is 68.0 Å². The monoisotopic (exact) mass is 466 g/mol. The molecule has 13 heteroatoms. The highest BCUT2D eigenvalue weighted by Gasteiger charge is 2.34. The predicted molar refractivity (Wildman–Crippen MR) is 114 cm³/mol. The Kier molecular flexibility index (Phi) is 8.18. The van der Waals surface area contributed by atoms with Gasteiger partial charge in [-0.1, -0.05) is 0 Å². The van der Waals surface area contributed by atoms with E-state index in [-0.39, 0.29) is 35.8 Å². The van der Waals surface area contributed by atoms with E-state index in [0.717, 1.165) is 17.0 Å². The molecule has 1 heterocycles. The Morgan fingerprint density at radius 1 is 1.25 bits per heavy atom. The zero-order valence-corrected chi connectivity index (χ0v) is 18.0. The molecule has 0 radical (unpaired) electrons. The van der Waals surface area contributed by atoms with Crippen molar-refractivity contribution in [2.45, 2.75) is 25.7 Å². The Balaban J connectivity index is 1.95. The minimum absolute atomic E-state index is 0.0186. The first-order chi connectivity index (χ1) is 15.0. The number of aromatic hydroxyl groups is 2. The Morgan fingerprint density at radius 2 is 1.94 bits per heavy atom. The van der Waals surface area contributed by atoms with E-state index in [0.29, 0.717) is 31.1 Å². The summed E-state index contributed by atoms with van der Waals surface area (Å²) in [5, 5.41) is 29.7. The standard InChI is InChI=1S/C19H22N4O8S/c1-21(16(26)5-4-15(20)25)6-2-3-7-22-18(28)14(32-19(22)29)10-11-8-12(23(30)31)17(27)13(24)9-11/h8-10,24,27H,2-7H2,1H3,(H2,20,25)/b14-10-. The number of hydrogen-bond acceptors (Lipinski definition) is 9. The second-order valence-corrected chi connectivity index (χ2v) is 7.98. The molecule has 0 aliphatic carbocycles. The van der Waals surface area contributed by atoms with Crippen molar-refractivity contribution in [3.8, 4) is 11.5 Å². The molecule has 0 bridgehead atoms. The quantitative estimate of drug-likeness (QED) is 0.151. The fourth-order valence-electron chi connectivity index (χ4n) is 2.86. The van der Waals surface area contributed by atoms with Gasteiger partial charge in [-0.15, -0.1) is 0 Å². The molecule has 12 nitrogen and oxygen atoms in total. The highest BCUT2D eigenvalue weighted by Crippen LogP contribution is 2.38. The lowest BCUT2D eigenvalue weighted by atomic mass is 10.1. The fourth-order valence-corrected chi connectivity index (χ4v) is 3.72. The van der Waals surface area contributed by atoms with E-state index in [1.165, 1.54) is 11.0 Å². The number of nitrogens with zero attached hydrogens (tertiary/aromatic N) is 3. The number of phenolic OH excluding ortho intramolecular Hbond substituents is 2. The number of phenols is 2. The summed E-state index contributed by atoms with van der Waals surface area (Å²) in [7, 11) is 1.58. The van der Waals surface area contributed by atoms with Gasteiger partial charge in [0.15, 0.2) is 5.75 Å². The topological polar surface area (TPSA) is 184 Å². The second kappa shape index (κ2) is 10.6. The van der Waals surface area contributed by atoms with Gasteiger partial charge < -0.3 is 20.8 Å². The van der Waals surface area contributed by atoms with Crippen LogP contribution in [0.3, 0.4) is 0 Å². The number of imide groups is 1. The van der Waals surface area contributed by atoms with Crippen molar-refractivity contribution in [2.75, 3.05) is 20.1 Å². The van der Waals surface area contributed by atoms with Crippen molar-refractivity contribution in [1.82, 2.24) is 9.80 Å². The maximum atomic E-state index is 12.5. The van der Waals surface area contributed by atoms with Gasteiger partial charge in [0, 0.05) is 39.0 Å². The van der Waals surface area contributed by atoms with Crippen LogP contribution in [0.15, 0.2) is 17.0 Å². The van der Waals surface area contributed by atoms with Crippen LogP contribution in [0.2, 0.25) is 0 Å². The van der Waals surface area contributed by atoms with E-state index in [4.69, 9.17) is 5.73 Å². The molecule has 1 aromatic rings. The normalized spacial score (nSPS) is 14.8. The number of amides is 4. The number of hydrogen-bond donors (Lipinski definition) is 3. The summed E-state index contributed by atoms with van der Waals surface area (Å²) in [6.45, 7) is 0.492. The molecule has 1 saturated heterocycles. The second-order valence-electron chi connectivity index (χ2n) is 6.99. The molecule has 0 unspecified atom stereocenters.